The Morgan fingerprint density at radius 1 is 1.37 bits per heavy atom. The Kier molecular flexibility index (Phi) is 2.64. The van der Waals surface area contributed by atoms with Gasteiger partial charge in [0.25, 0.3) is 0 Å². The Morgan fingerprint density at radius 2 is 2.21 bits per heavy atom. The highest BCUT2D eigenvalue weighted by Crippen LogP contribution is 2.30. The summed E-state index contributed by atoms with van der Waals surface area (Å²) in [6.07, 6.45) is 0. The minimum Gasteiger partial charge on any atom is -0.397 e. The molecule has 0 aliphatic carbocycles. The highest BCUT2D eigenvalue weighted by molar-refractivity contribution is 7.17. The first-order valence-corrected chi connectivity index (χ1v) is 6.24. The van der Waals surface area contributed by atoms with E-state index in [1.54, 1.807) is 7.05 Å². The van der Waals surface area contributed by atoms with Gasteiger partial charge < -0.3 is 9.73 Å². The number of thiophene rings is 1. The van der Waals surface area contributed by atoms with E-state index in [1.807, 2.05) is 11.4 Å². The average Bonchev–Trinajstić information content (AvgIpc) is 3.05. The molecule has 8 heteroatoms. The minimum absolute atomic E-state index is 0.274. The maximum Gasteiger partial charge on any atom is 0.433 e. The molecule has 0 spiro atoms. The van der Waals surface area contributed by atoms with E-state index in [2.05, 4.69) is 15.3 Å². The first kappa shape index (κ1) is 11.6. The molecule has 0 amide bonds. The van der Waals surface area contributed by atoms with E-state index in [9.17, 15) is 10.1 Å². The van der Waals surface area contributed by atoms with Crippen LogP contribution in [0.5, 0.6) is 0 Å². The van der Waals surface area contributed by atoms with Gasteiger partial charge in [-0.1, -0.05) is 0 Å². The van der Waals surface area contributed by atoms with Gasteiger partial charge in [0.1, 0.15) is 10.7 Å². The van der Waals surface area contributed by atoms with Gasteiger partial charge in [-0.25, -0.2) is 9.97 Å². The summed E-state index contributed by atoms with van der Waals surface area (Å²) in [7, 11) is 1.76. The van der Waals surface area contributed by atoms with Gasteiger partial charge in [0, 0.05) is 7.05 Å². The third kappa shape index (κ3) is 1.91. The fraction of sp³-hybridized carbons (Fsp3) is 0.0909. The smallest absolute Gasteiger partial charge is 0.397 e. The third-order valence-corrected chi connectivity index (χ3v) is 3.44. The number of nitrogens with one attached hydrogen (secondary N) is 1. The summed E-state index contributed by atoms with van der Waals surface area (Å²) in [4.78, 5) is 18.6. The molecule has 3 rings (SSSR count). The molecular weight excluding hydrogens is 268 g/mol. The molecule has 0 aliphatic heterocycles. The van der Waals surface area contributed by atoms with Gasteiger partial charge in [-0.15, -0.1) is 11.3 Å². The summed E-state index contributed by atoms with van der Waals surface area (Å²) in [6.45, 7) is 0. The van der Waals surface area contributed by atoms with Gasteiger partial charge in [-0.2, -0.15) is 0 Å². The van der Waals surface area contributed by atoms with Crippen LogP contribution in [-0.4, -0.2) is 21.9 Å². The zero-order chi connectivity index (χ0) is 13.4. The van der Waals surface area contributed by atoms with E-state index in [0.717, 1.165) is 10.2 Å². The zero-order valence-corrected chi connectivity index (χ0v) is 10.6. The summed E-state index contributed by atoms with van der Waals surface area (Å²) in [5.41, 5.74) is 0.776. The van der Waals surface area contributed by atoms with Crippen LogP contribution in [-0.2, 0) is 0 Å². The number of nitro groups is 1. The second-order valence-corrected chi connectivity index (χ2v) is 4.59. The fourth-order valence-corrected chi connectivity index (χ4v) is 2.52. The predicted octanol–water partition coefficient (Wildman–Crippen LogP) is 2.90. The highest BCUT2D eigenvalue weighted by atomic mass is 32.1. The maximum atomic E-state index is 10.6. The zero-order valence-electron chi connectivity index (χ0n) is 9.78. The van der Waals surface area contributed by atoms with Crippen molar-refractivity contribution in [3.63, 3.8) is 0 Å². The molecule has 0 radical (unpaired) electrons. The number of anilines is 1. The lowest BCUT2D eigenvalue weighted by atomic mass is 10.4. The highest BCUT2D eigenvalue weighted by Gasteiger charge is 2.17. The molecule has 0 saturated heterocycles. The number of hydrogen-bond donors (Lipinski definition) is 1. The molecule has 7 nitrogen and oxygen atoms in total. The normalized spacial score (nSPS) is 10.8. The standard InChI is InChI=1S/C11H8N4O3S/c1-12-11-9-6(4-5-19-9)13-10(14-11)7-2-3-8(18-7)15(16)17/h2-5H,1H3,(H,12,13,14). The summed E-state index contributed by atoms with van der Waals surface area (Å²) < 4.78 is 6.04. The molecule has 0 atom stereocenters. The Bertz CT molecular complexity index is 764. The summed E-state index contributed by atoms with van der Waals surface area (Å²) in [6, 6.07) is 4.64. The van der Waals surface area contributed by atoms with Crippen molar-refractivity contribution in [2.24, 2.45) is 0 Å². The summed E-state index contributed by atoms with van der Waals surface area (Å²) in [5, 5.41) is 15.5. The molecule has 0 bridgehead atoms. The van der Waals surface area contributed by atoms with E-state index in [-0.39, 0.29) is 11.6 Å². The van der Waals surface area contributed by atoms with Crippen LogP contribution in [0.15, 0.2) is 28.0 Å². The van der Waals surface area contributed by atoms with Crippen LogP contribution in [0, 0.1) is 10.1 Å². The van der Waals surface area contributed by atoms with Crippen LogP contribution in [0.1, 0.15) is 0 Å². The van der Waals surface area contributed by atoms with Crippen molar-refractivity contribution in [3.8, 4) is 11.6 Å². The van der Waals surface area contributed by atoms with Crippen molar-refractivity contribution in [1.29, 1.82) is 0 Å². The lowest BCUT2D eigenvalue weighted by Crippen LogP contribution is -1.96. The SMILES string of the molecule is CNc1nc(-c2ccc([N+](=O)[O-])o2)nc2ccsc12. The topological polar surface area (TPSA) is 94.1 Å². The average molecular weight is 276 g/mol. The van der Waals surface area contributed by atoms with Gasteiger partial charge in [0.05, 0.1) is 16.3 Å². The Labute approximate surface area is 111 Å². The number of hydrogen-bond acceptors (Lipinski definition) is 7. The third-order valence-electron chi connectivity index (χ3n) is 2.53. The molecule has 0 saturated carbocycles. The van der Waals surface area contributed by atoms with Gasteiger partial charge in [-0.05, 0) is 17.5 Å². The lowest BCUT2D eigenvalue weighted by Gasteiger charge is -2.02. The van der Waals surface area contributed by atoms with E-state index >= 15 is 0 Å². The number of fused-ring (bicyclic) bond motifs is 1. The Morgan fingerprint density at radius 3 is 2.89 bits per heavy atom. The molecule has 0 fully saturated rings. The van der Waals surface area contributed by atoms with Crippen LogP contribution < -0.4 is 5.32 Å². The van der Waals surface area contributed by atoms with Crippen LogP contribution in [0.25, 0.3) is 21.8 Å². The molecule has 1 N–H and O–H groups in total. The quantitative estimate of drug-likeness (QED) is 0.584. The molecule has 3 heterocycles. The first-order chi connectivity index (χ1) is 9.19. The molecule has 3 aromatic rings. The molecule has 3 aromatic heterocycles. The van der Waals surface area contributed by atoms with Gasteiger partial charge >= 0.3 is 5.88 Å². The van der Waals surface area contributed by atoms with E-state index < -0.39 is 4.92 Å². The van der Waals surface area contributed by atoms with Crippen LogP contribution in [0.3, 0.4) is 0 Å². The van der Waals surface area contributed by atoms with Crippen LogP contribution in [0.2, 0.25) is 0 Å². The maximum absolute atomic E-state index is 10.6. The van der Waals surface area contributed by atoms with Crippen LogP contribution in [0.4, 0.5) is 11.7 Å². The Balaban J connectivity index is 2.15. The van der Waals surface area contributed by atoms with Gasteiger partial charge in [0.15, 0.2) is 11.6 Å². The van der Waals surface area contributed by atoms with Gasteiger partial charge in [0.2, 0.25) is 0 Å². The van der Waals surface area contributed by atoms with Crippen molar-refractivity contribution in [3.05, 3.63) is 33.7 Å². The second-order valence-electron chi connectivity index (χ2n) is 3.68. The number of nitrogens with zero attached hydrogens (tertiary/aromatic N) is 3. The number of rotatable bonds is 3. The molecule has 19 heavy (non-hydrogen) atoms. The van der Waals surface area contributed by atoms with Crippen molar-refractivity contribution in [2.75, 3.05) is 12.4 Å². The van der Waals surface area contributed by atoms with Crippen molar-refractivity contribution in [2.45, 2.75) is 0 Å². The van der Waals surface area contributed by atoms with E-state index in [4.69, 9.17) is 4.42 Å². The summed E-state index contributed by atoms with van der Waals surface area (Å²) in [5.74, 6) is 0.948. The predicted molar refractivity (Wildman–Crippen MR) is 71.3 cm³/mol. The lowest BCUT2D eigenvalue weighted by molar-refractivity contribution is -0.401. The number of aromatic nitrogens is 2. The van der Waals surface area contributed by atoms with E-state index in [0.29, 0.717) is 11.6 Å². The molecular formula is C11H8N4O3S. The van der Waals surface area contributed by atoms with Crippen molar-refractivity contribution < 1.29 is 9.34 Å². The van der Waals surface area contributed by atoms with Crippen molar-refractivity contribution >= 4 is 33.3 Å². The first-order valence-electron chi connectivity index (χ1n) is 5.36. The van der Waals surface area contributed by atoms with Crippen LogP contribution >= 0.6 is 11.3 Å². The van der Waals surface area contributed by atoms with Gasteiger partial charge in [-0.3, -0.25) is 10.1 Å². The number of furan rings is 1. The fourth-order valence-electron chi connectivity index (χ4n) is 1.69. The largest absolute Gasteiger partial charge is 0.433 e. The molecule has 0 aliphatic rings. The molecule has 0 unspecified atom stereocenters. The van der Waals surface area contributed by atoms with E-state index in [1.165, 1.54) is 23.5 Å². The second kappa shape index (κ2) is 4.32. The summed E-state index contributed by atoms with van der Waals surface area (Å²) >= 11 is 1.53. The Hall–Kier alpha value is -2.48. The minimum atomic E-state index is -0.592. The molecule has 0 aromatic carbocycles. The molecule has 96 valence electrons. The van der Waals surface area contributed by atoms with Crippen molar-refractivity contribution in [1.82, 2.24) is 9.97 Å². The monoisotopic (exact) mass is 276 g/mol.